The lowest BCUT2D eigenvalue weighted by atomic mass is 10.0. The first-order valence-electron chi connectivity index (χ1n) is 12.7. The third-order valence-corrected chi connectivity index (χ3v) is 7.94. The van der Waals surface area contributed by atoms with Gasteiger partial charge in [-0.1, -0.05) is 6.07 Å². The van der Waals surface area contributed by atoms with Crippen LogP contribution in [0.5, 0.6) is 0 Å². The van der Waals surface area contributed by atoms with Crippen molar-refractivity contribution in [2.45, 2.75) is 56.4 Å². The van der Waals surface area contributed by atoms with Gasteiger partial charge in [0.25, 0.3) is 0 Å². The number of nitrogens with one attached hydrogen (secondary N) is 2. The molecule has 3 heterocycles. The third-order valence-electron chi connectivity index (χ3n) is 7.94. The van der Waals surface area contributed by atoms with Gasteiger partial charge in [0, 0.05) is 42.5 Å². The average Bonchev–Trinajstić information content (AvgIpc) is 3.57. The van der Waals surface area contributed by atoms with Crippen LogP contribution in [-0.4, -0.2) is 55.0 Å². The molecule has 4 aliphatic rings. The summed E-state index contributed by atoms with van der Waals surface area (Å²) in [5.41, 5.74) is 1.72. The van der Waals surface area contributed by atoms with E-state index in [0.29, 0.717) is 44.8 Å². The van der Waals surface area contributed by atoms with Crippen molar-refractivity contribution in [3.63, 3.8) is 0 Å². The summed E-state index contributed by atoms with van der Waals surface area (Å²) in [6, 6.07) is 9.54. The molecule has 3 fully saturated rings. The Morgan fingerprint density at radius 1 is 1.17 bits per heavy atom. The molecule has 1 aromatic heterocycles. The highest BCUT2D eigenvalue weighted by Crippen LogP contribution is 2.50. The largest absolute Gasteiger partial charge is 0.406 e. The fraction of sp³-hybridized carbons (Fsp3) is 0.538. The first-order valence-corrected chi connectivity index (χ1v) is 12.7. The number of halogens is 3. The van der Waals surface area contributed by atoms with Crippen LogP contribution in [0.3, 0.4) is 0 Å². The number of hydrogen-bond donors (Lipinski definition) is 2. The van der Waals surface area contributed by atoms with Crippen molar-refractivity contribution in [1.29, 1.82) is 0 Å². The summed E-state index contributed by atoms with van der Waals surface area (Å²) in [4.78, 5) is 22.4. The van der Waals surface area contributed by atoms with Gasteiger partial charge in [0.05, 0.1) is 31.1 Å². The van der Waals surface area contributed by atoms with Crippen molar-refractivity contribution in [1.82, 2.24) is 10.3 Å². The van der Waals surface area contributed by atoms with Crippen molar-refractivity contribution in [3.8, 4) is 0 Å². The molecule has 0 unspecified atom stereocenters. The SMILES string of the molecule is O=C([C@H]1CC[C@H](NC2(C(F)(F)F)CC2)C1)N1Cc2cccnc2Nc2ccc(N3CCOCC3)cc21. The Morgan fingerprint density at radius 2 is 1.97 bits per heavy atom. The van der Waals surface area contributed by atoms with Crippen LogP contribution in [0.25, 0.3) is 0 Å². The number of aromatic nitrogens is 1. The molecule has 2 aliphatic heterocycles. The lowest BCUT2D eigenvalue weighted by Gasteiger charge is -2.31. The smallest absolute Gasteiger partial charge is 0.378 e. The predicted octanol–water partition coefficient (Wildman–Crippen LogP) is 4.36. The highest BCUT2D eigenvalue weighted by atomic mass is 19.4. The number of pyridine rings is 1. The highest BCUT2D eigenvalue weighted by molar-refractivity contribution is 6.00. The summed E-state index contributed by atoms with van der Waals surface area (Å²) >= 11 is 0. The van der Waals surface area contributed by atoms with Crippen LogP contribution in [-0.2, 0) is 16.1 Å². The highest BCUT2D eigenvalue weighted by Gasteiger charge is 2.64. The van der Waals surface area contributed by atoms with E-state index in [9.17, 15) is 18.0 Å². The molecule has 1 aromatic carbocycles. The number of carbonyl (C=O) groups excluding carboxylic acids is 1. The number of carbonyl (C=O) groups is 1. The first kappa shape index (κ1) is 23.5. The van der Waals surface area contributed by atoms with Gasteiger partial charge in [-0.25, -0.2) is 4.98 Å². The van der Waals surface area contributed by atoms with Crippen LogP contribution in [0.2, 0.25) is 0 Å². The summed E-state index contributed by atoms with van der Waals surface area (Å²) in [7, 11) is 0. The zero-order chi connectivity index (χ0) is 24.9. The second-order valence-corrected chi connectivity index (χ2v) is 10.3. The Balaban J connectivity index is 1.27. The predicted molar refractivity (Wildman–Crippen MR) is 130 cm³/mol. The summed E-state index contributed by atoms with van der Waals surface area (Å²) in [6.07, 6.45) is -0.746. The van der Waals surface area contributed by atoms with Gasteiger partial charge >= 0.3 is 6.18 Å². The lowest BCUT2D eigenvalue weighted by Crippen LogP contribution is -2.49. The van der Waals surface area contributed by atoms with E-state index >= 15 is 0 Å². The summed E-state index contributed by atoms with van der Waals surface area (Å²) in [6.45, 7) is 3.22. The molecule has 0 bridgehead atoms. The molecule has 1 saturated heterocycles. The molecule has 1 amide bonds. The monoisotopic (exact) mass is 501 g/mol. The fourth-order valence-corrected chi connectivity index (χ4v) is 5.71. The van der Waals surface area contributed by atoms with Gasteiger partial charge in [-0.15, -0.1) is 0 Å². The molecule has 192 valence electrons. The number of morpholine rings is 1. The summed E-state index contributed by atoms with van der Waals surface area (Å²) in [5.74, 6) is 0.333. The molecule has 2 atom stereocenters. The second-order valence-electron chi connectivity index (χ2n) is 10.3. The van der Waals surface area contributed by atoms with Gasteiger partial charge in [-0.3, -0.25) is 4.79 Å². The molecule has 2 aromatic rings. The van der Waals surface area contributed by atoms with Gasteiger partial charge in [0.1, 0.15) is 11.4 Å². The van der Waals surface area contributed by atoms with Gasteiger partial charge in [0.15, 0.2) is 0 Å². The molecule has 0 radical (unpaired) electrons. The van der Waals surface area contributed by atoms with E-state index in [0.717, 1.165) is 35.7 Å². The third kappa shape index (κ3) is 4.30. The van der Waals surface area contributed by atoms with Crippen LogP contribution in [0, 0.1) is 5.92 Å². The van der Waals surface area contributed by atoms with Crippen molar-refractivity contribution in [3.05, 3.63) is 42.1 Å². The number of rotatable bonds is 4. The molecule has 2 N–H and O–H groups in total. The molecule has 2 saturated carbocycles. The zero-order valence-electron chi connectivity index (χ0n) is 20.0. The molecular formula is C26H30F3N5O2. The molecule has 10 heteroatoms. The van der Waals surface area contributed by atoms with E-state index in [1.54, 1.807) is 11.1 Å². The Kier molecular flexibility index (Phi) is 5.83. The summed E-state index contributed by atoms with van der Waals surface area (Å²) < 4.78 is 45.9. The van der Waals surface area contributed by atoms with Gasteiger partial charge < -0.3 is 25.2 Å². The van der Waals surface area contributed by atoms with Crippen LogP contribution in [0.1, 0.15) is 37.7 Å². The van der Waals surface area contributed by atoms with E-state index in [1.165, 1.54) is 0 Å². The molecule has 36 heavy (non-hydrogen) atoms. The maximum Gasteiger partial charge on any atom is 0.406 e. The van der Waals surface area contributed by atoms with Gasteiger partial charge in [-0.2, -0.15) is 13.2 Å². The number of anilines is 4. The standard InChI is InChI=1S/C26H30F3N5O2/c27-26(28,29)25(7-8-25)32-19-4-3-17(14-19)24(35)34-16-18-2-1-9-30-23(18)31-21-6-5-20(15-22(21)34)33-10-12-36-13-11-33/h1-2,5-6,9,15,17,19,32H,3-4,7-8,10-14,16H2,(H,30,31)/t17-,19-/m0/s1. The average molecular weight is 502 g/mol. The number of nitrogens with zero attached hydrogens (tertiary/aromatic N) is 3. The fourth-order valence-electron chi connectivity index (χ4n) is 5.71. The second kappa shape index (κ2) is 8.92. The van der Waals surface area contributed by atoms with E-state index in [1.807, 2.05) is 30.3 Å². The quantitative estimate of drug-likeness (QED) is 0.649. The molecular weight excluding hydrogens is 471 g/mol. The van der Waals surface area contributed by atoms with Crippen LogP contribution < -0.4 is 20.4 Å². The number of ether oxygens (including phenoxy) is 1. The number of hydrogen-bond acceptors (Lipinski definition) is 6. The Morgan fingerprint density at radius 3 is 2.72 bits per heavy atom. The van der Waals surface area contributed by atoms with Crippen molar-refractivity contribution in [2.75, 3.05) is 41.4 Å². The van der Waals surface area contributed by atoms with Crippen molar-refractivity contribution >= 4 is 28.8 Å². The van der Waals surface area contributed by atoms with E-state index in [4.69, 9.17) is 4.74 Å². The molecule has 6 rings (SSSR count). The number of amides is 1. The van der Waals surface area contributed by atoms with E-state index < -0.39 is 11.7 Å². The topological polar surface area (TPSA) is 69.7 Å². The maximum atomic E-state index is 13.9. The maximum absolute atomic E-state index is 13.9. The van der Waals surface area contributed by atoms with E-state index in [2.05, 4.69) is 20.5 Å². The number of benzene rings is 1. The van der Waals surface area contributed by atoms with Crippen LogP contribution in [0.4, 0.5) is 36.1 Å². The minimum Gasteiger partial charge on any atom is -0.378 e. The molecule has 7 nitrogen and oxygen atoms in total. The Bertz CT molecular complexity index is 1150. The van der Waals surface area contributed by atoms with Crippen LogP contribution in [0.15, 0.2) is 36.5 Å². The van der Waals surface area contributed by atoms with Gasteiger partial charge in [0.2, 0.25) is 5.91 Å². The minimum absolute atomic E-state index is 0.0463. The number of fused-ring (bicyclic) bond motifs is 2. The summed E-state index contributed by atoms with van der Waals surface area (Å²) in [5, 5.41) is 6.24. The first-order chi connectivity index (χ1) is 17.3. The Labute approximate surface area is 208 Å². The molecule has 2 aliphatic carbocycles. The van der Waals surface area contributed by atoms with Gasteiger partial charge in [-0.05, 0) is 56.4 Å². The molecule has 0 spiro atoms. The minimum atomic E-state index is -4.25. The number of alkyl halides is 3. The zero-order valence-corrected chi connectivity index (χ0v) is 20.0. The van der Waals surface area contributed by atoms with Crippen molar-refractivity contribution < 1.29 is 22.7 Å². The van der Waals surface area contributed by atoms with E-state index in [-0.39, 0.29) is 30.7 Å². The lowest BCUT2D eigenvalue weighted by molar-refractivity contribution is -0.167. The normalized spacial score (nSPS) is 25.0. The van der Waals surface area contributed by atoms with Crippen LogP contribution >= 0.6 is 0 Å². The van der Waals surface area contributed by atoms with Crippen molar-refractivity contribution in [2.24, 2.45) is 5.92 Å². The Hall–Kier alpha value is -2.85.